The van der Waals surface area contributed by atoms with Crippen molar-refractivity contribution in [3.63, 3.8) is 0 Å². The lowest BCUT2D eigenvalue weighted by molar-refractivity contribution is 0.104. The van der Waals surface area contributed by atoms with E-state index in [0.29, 0.717) is 55.1 Å². The second kappa shape index (κ2) is 11.4. The van der Waals surface area contributed by atoms with Gasteiger partial charge in [-0.05, 0) is 6.07 Å². The van der Waals surface area contributed by atoms with Gasteiger partial charge in [0.1, 0.15) is 25.0 Å². The largest absolute Gasteiger partial charge is 0.377 e. The van der Waals surface area contributed by atoms with Gasteiger partial charge < -0.3 is 14.5 Å². The van der Waals surface area contributed by atoms with Gasteiger partial charge in [0.25, 0.3) is 0 Å². The molecule has 37 heavy (non-hydrogen) atoms. The van der Waals surface area contributed by atoms with E-state index in [4.69, 9.17) is 4.74 Å². The molecular weight excluding hydrogens is 477 g/mol. The second-order valence-corrected chi connectivity index (χ2v) is 8.15. The predicted molar refractivity (Wildman–Crippen MR) is 132 cm³/mol. The number of halogens is 1. The average molecular weight is 502 g/mol. The minimum atomic E-state index is -0.533. The molecule has 0 radical (unpaired) electrons. The van der Waals surface area contributed by atoms with Gasteiger partial charge in [0.05, 0.1) is 30.4 Å². The van der Waals surface area contributed by atoms with Gasteiger partial charge >= 0.3 is 0 Å². The van der Waals surface area contributed by atoms with Crippen LogP contribution in [0.3, 0.4) is 0 Å². The second-order valence-electron chi connectivity index (χ2n) is 8.15. The molecule has 1 saturated heterocycles. The van der Waals surface area contributed by atoms with Gasteiger partial charge in [-0.1, -0.05) is 11.8 Å². The lowest BCUT2D eigenvalue weighted by Gasteiger charge is -2.41. The fraction of sp³-hybridized carbons (Fsp3) is 0.333. The minimum Gasteiger partial charge on any atom is -0.377 e. The van der Waals surface area contributed by atoms with Crippen molar-refractivity contribution >= 4 is 11.9 Å². The molecule has 13 heteroatoms. The third kappa shape index (κ3) is 5.81. The Balaban J connectivity index is 1.24. The molecule has 0 amide bonds. The van der Waals surface area contributed by atoms with Crippen LogP contribution in [0.15, 0.2) is 49.7 Å². The first-order chi connectivity index (χ1) is 18.2. The highest BCUT2D eigenvalue weighted by atomic mass is 19.1. The SMILES string of the molecule is Cn1nccc1-c1ncc(C#Cc2cnc(N3CCN(c4ncncn4)[C@@H](COCCF)C3)nc2)cn1. The molecule has 1 atom stereocenters. The Morgan fingerprint density at radius 1 is 0.946 bits per heavy atom. The zero-order valence-electron chi connectivity index (χ0n) is 20.1. The van der Waals surface area contributed by atoms with Crippen LogP contribution in [0.5, 0.6) is 0 Å². The standard InChI is InChI=1S/C24H24FN11O/c1-34-21(4-6-33-34)22-27-10-18(11-28-22)2-3-19-12-29-23(30-13-19)35-7-8-36(24-31-16-26-17-32-24)20(14-35)15-37-9-5-25/h4,6,10-13,16-17,20H,5,7-9,14-15H2,1H3/t20-/m1/s1. The number of nitrogens with zero attached hydrogens (tertiary/aromatic N) is 11. The first kappa shape index (κ1) is 24.1. The molecule has 12 nitrogen and oxygen atoms in total. The lowest BCUT2D eigenvalue weighted by atomic mass is 10.2. The number of anilines is 2. The van der Waals surface area contributed by atoms with Crippen molar-refractivity contribution < 1.29 is 9.13 Å². The van der Waals surface area contributed by atoms with E-state index in [0.717, 1.165) is 5.69 Å². The van der Waals surface area contributed by atoms with E-state index < -0.39 is 6.67 Å². The smallest absolute Gasteiger partial charge is 0.228 e. The highest BCUT2D eigenvalue weighted by Crippen LogP contribution is 2.19. The maximum absolute atomic E-state index is 12.6. The van der Waals surface area contributed by atoms with Crippen LogP contribution < -0.4 is 9.80 Å². The molecule has 1 fully saturated rings. The third-order valence-electron chi connectivity index (χ3n) is 5.73. The van der Waals surface area contributed by atoms with E-state index in [9.17, 15) is 4.39 Å². The van der Waals surface area contributed by atoms with Crippen molar-refractivity contribution in [1.29, 1.82) is 0 Å². The number of hydrogen-bond acceptors (Lipinski definition) is 11. The summed E-state index contributed by atoms with van der Waals surface area (Å²) in [5.74, 6) is 7.83. The summed E-state index contributed by atoms with van der Waals surface area (Å²) in [7, 11) is 1.84. The van der Waals surface area contributed by atoms with Crippen LogP contribution in [0.4, 0.5) is 16.3 Å². The summed E-state index contributed by atoms with van der Waals surface area (Å²) in [5.41, 5.74) is 2.18. The summed E-state index contributed by atoms with van der Waals surface area (Å²) in [5, 5.41) is 4.13. The van der Waals surface area contributed by atoms with Gasteiger partial charge in [-0.15, -0.1) is 0 Å². The summed E-state index contributed by atoms with van der Waals surface area (Å²) in [4.78, 5) is 34.3. The lowest BCUT2D eigenvalue weighted by Crippen LogP contribution is -2.56. The maximum atomic E-state index is 12.6. The molecule has 5 rings (SSSR count). The van der Waals surface area contributed by atoms with Crippen molar-refractivity contribution in [1.82, 2.24) is 44.7 Å². The topological polar surface area (TPSA) is 124 Å². The van der Waals surface area contributed by atoms with Crippen LogP contribution in [0.2, 0.25) is 0 Å². The summed E-state index contributed by atoms with van der Waals surface area (Å²) in [6.45, 7) is 1.71. The summed E-state index contributed by atoms with van der Waals surface area (Å²) < 4.78 is 19.8. The van der Waals surface area contributed by atoms with Crippen molar-refractivity contribution in [2.75, 3.05) is 49.3 Å². The van der Waals surface area contributed by atoms with Gasteiger partial charge in [0, 0.05) is 57.7 Å². The third-order valence-corrected chi connectivity index (χ3v) is 5.73. The van der Waals surface area contributed by atoms with Gasteiger partial charge in [-0.25, -0.2) is 39.3 Å². The number of alkyl halides is 1. The molecule has 0 aliphatic carbocycles. The zero-order chi connectivity index (χ0) is 25.5. The molecule has 0 aromatic carbocycles. The molecule has 0 saturated carbocycles. The number of ether oxygens (including phenoxy) is 1. The van der Waals surface area contributed by atoms with Crippen LogP contribution in [-0.4, -0.2) is 90.2 Å². The minimum absolute atomic E-state index is 0.0441. The van der Waals surface area contributed by atoms with Crippen LogP contribution >= 0.6 is 0 Å². The normalized spacial score (nSPS) is 15.4. The summed E-state index contributed by atoms with van der Waals surface area (Å²) in [6.07, 6.45) is 11.3. The van der Waals surface area contributed by atoms with Crippen LogP contribution in [-0.2, 0) is 11.8 Å². The van der Waals surface area contributed by atoms with E-state index in [-0.39, 0.29) is 12.6 Å². The molecule has 4 aromatic rings. The maximum Gasteiger partial charge on any atom is 0.228 e. The molecule has 5 heterocycles. The number of aryl methyl sites for hydroxylation is 1. The summed E-state index contributed by atoms with van der Waals surface area (Å²) >= 11 is 0. The van der Waals surface area contributed by atoms with Crippen LogP contribution in [0.25, 0.3) is 11.5 Å². The number of piperazine rings is 1. The van der Waals surface area contributed by atoms with Crippen molar-refractivity contribution in [2.45, 2.75) is 6.04 Å². The zero-order valence-corrected chi connectivity index (χ0v) is 20.1. The number of hydrogen-bond donors (Lipinski definition) is 0. The molecule has 0 spiro atoms. The Kier molecular flexibility index (Phi) is 7.47. The monoisotopic (exact) mass is 501 g/mol. The molecular formula is C24H24FN11O. The van der Waals surface area contributed by atoms with Crippen molar-refractivity contribution in [3.8, 4) is 23.4 Å². The average Bonchev–Trinajstić information content (AvgIpc) is 3.39. The van der Waals surface area contributed by atoms with E-state index in [1.165, 1.54) is 12.7 Å². The first-order valence-electron chi connectivity index (χ1n) is 11.6. The number of rotatable bonds is 7. The Morgan fingerprint density at radius 3 is 2.30 bits per heavy atom. The summed E-state index contributed by atoms with van der Waals surface area (Å²) in [6, 6.07) is 1.76. The van der Waals surface area contributed by atoms with Gasteiger partial charge in [0.2, 0.25) is 11.9 Å². The highest BCUT2D eigenvalue weighted by molar-refractivity contribution is 5.50. The van der Waals surface area contributed by atoms with Crippen LogP contribution in [0, 0.1) is 11.8 Å². The molecule has 0 N–H and O–H groups in total. The Hall–Kier alpha value is -4.57. The van der Waals surface area contributed by atoms with E-state index in [1.54, 1.807) is 35.7 Å². The Bertz CT molecular complexity index is 1350. The Labute approximate surface area is 212 Å². The molecule has 4 aromatic heterocycles. The molecule has 1 aliphatic rings. The number of aromatic nitrogens is 9. The van der Waals surface area contributed by atoms with Crippen molar-refractivity contribution in [2.24, 2.45) is 7.05 Å². The molecule has 0 unspecified atom stereocenters. The van der Waals surface area contributed by atoms with Crippen LogP contribution in [0.1, 0.15) is 11.1 Å². The highest BCUT2D eigenvalue weighted by Gasteiger charge is 2.30. The Morgan fingerprint density at radius 2 is 1.65 bits per heavy atom. The fourth-order valence-electron chi connectivity index (χ4n) is 3.91. The van der Waals surface area contributed by atoms with Crippen molar-refractivity contribution in [3.05, 3.63) is 60.8 Å². The van der Waals surface area contributed by atoms with E-state index in [2.05, 4.69) is 56.7 Å². The molecule has 188 valence electrons. The quantitative estimate of drug-likeness (QED) is 0.265. The van der Waals surface area contributed by atoms with E-state index >= 15 is 0 Å². The first-order valence-corrected chi connectivity index (χ1v) is 11.6. The predicted octanol–water partition coefficient (Wildman–Crippen LogP) is 0.933. The van der Waals surface area contributed by atoms with E-state index in [1.807, 2.05) is 18.0 Å². The molecule has 0 bridgehead atoms. The van der Waals surface area contributed by atoms with Gasteiger partial charge in [0.15, 0.2) is 5.82 Å². The fourth-order valence-corrected chi connectivity index (χ4v) is 3.91. The molecule has 1 aliphatic heterocycles. The van der Waals surface area contributed by atoms with Gasteiger partial charge in [-0.2, -0.15) is 5.10 Å². The van der Waals surface area contributed by atoms with Gasteiger partial charge in [-0.3, -0.25) is 4.68 Å².